The molecular weight excluding hydrogens is 372 g/mol. The lowest BCUT2D eigenvalue weighted by Gasteiger charge is -2.47. The van der Waals surface area contributed by atoms with Crippen molar-refractivity contribution in [3.63, 3.8) is 0 Å². The van der Waals surface area contributed by atoms with Gasteiger partial charge in [0.15, 0.2) is 0 Å². The third-order valence-electron chi connectivity index (χ3n) is 6.48. The molecule has 0 bridgehead atoms. The van der Waals surface area contributed by atoms with Crippen LogP contribution in [-0.4, -0.2) is 60.1 Å². The fourth-order valence-corrected chi connectivity index (χ4v) is 5.69. The molecule has 3 heterocycles. The monoisotopic (exact) mass is 402 g/mol. The van der Waals surface area contributed by atoms with Crippen LogP contribution in [0, 0.1) is 12.8 Å². The molecule has 3 fully saturated rings. The van der Waals surface area contributed by atoms with Gasteiger partial charge in [-0.2, -0.15) is 0 Å². The molecule has 0 aromatic heterocycles. The quantitative estimate of drug-likeness (QED) is 0.720. The number of benzene rings is 1. The predicted molar refractivity (Wildman–Crippen MR) is 114 cm³/mol. The Kier molecular flexibility index (Phi) is 5.67. The molecule has 5 atom stereocenters. The van der Waals surface area contributed by atoms with E-state index in [0.717, 1.165) is 42.1 Å². The summed E-state index contributed by atoms with van der Waals surface area (Å²) in [4.78, 5) is 27.6. The first-order valence-electron chi connectivity index (χ1n) is 10.2. The molecule has 2 amide bonds. The first-order chi connectivity index (χ1) is 13.4. The van der Waals surface area contributed by atoms with Crippen molar-refractivity contribution in [1.82, 2.24) is 15.5 Å². The zero-order valence-electron chi connectivity index (χ0n) is 16.8. The molecule has 4 rings (SSSR count). The summed E-state index contributed by atoms with van der Waals surface area (Å²) in [7, 11) is 1.95. The minimum Gasteiger partial charge on any atom is -0.342 e. The number of rotatable bonds is 3. The van der Waals surface area contributed by atoms with E-state index < -0.39 is 0 Å². The summed E-state index contributed by atoms with van der Waals surface area (Å²) in [6.45, 7) is 5.91. The molecular formula is C21H30N4O2S. The Bertz CT molecular complexity index is 765. The highest BCUT2D eigenvalue weighted by Gasteiger charge is 2.43. The van der Waals surface area contributed by atoms with Gasteiger partial charge in [-0.25, -0.2) is 0 Å². The second-order valence-corrected chi connectivity index (χ2v) is 9.62. The number of amides is 2. The zero-order valence-corrected chi connectivity index (χ0v) is 17.6. The van der Waals surface area contributed by atoms with E-state index in [4.69, 9.17) is 0 Å². The van der Waals surface area contributed by atoms with E-state index in [0.29, 0.717) is 24.5 Å². The van der Waals surface area contributed by atoms with E-state index in [1.807, 2.05) is 30.1 Å². The molecule has 3 aliphatic heterocycles. The standard InChI is InChI=1S/C21H30N4O2S/c1-12-4-5-15(24-20(26)19-10-22-11-28-19)8-16(12)17-7-14-9-23-13(2)6-18(14)25(3)21(17)27/h4-5,8,13-14,17-19,22-23H,6-7,9-11H2,1-3H3,(H,24,26). The Morgan fingerprint density at radius 2 is 2.11 bits per heavy atom. The van der Waals surface area contributed by atoms with Gasteiger partial charge in [-0.05, 0) is 55.9 Å². The molecule has 0 radical (unpaired) electrons. The van der Waals surface area contributed by atoms with E-state index in [2.05, 4.69) is 29.8 Å². The van der Waals surface area contributed by atoms with E-state index in [1.165, 1.54) is 0 Å². The van der Waals surface area contributed by atoms with Crippen LogP contribution in [0.15, 0.2) is 18.2 Å². The van der Waals surface area contributed by atoms with Gasteiger partial charge in [0.25, 0.3) is 0 Å². The second kappa shape index (κ2) is 8.05. The molecule has 3 N–H and O–H groups in total. The maximum Gasteiger partial charge on any atom is 0.238 e. The van der Waals surface area contributed by atoms with Crippen LogP contribution in [0.4, 0.5) is 5.69 Å². The number of anilines is 1. The van der Waals surface area contributed by atoms with E-state index >= 15 is 0 Å². The van der Waals surface area contributed by atoms with Crippen LogP contribution < -0.4 is 16.0 Å². The summed E-state index contributed by atoms with van der Waals surface area (Å²) in [5.74, 6) is 1.39. The van der Waals surface area contributed by atoms with Crippen molar-refractivity contribution in [2.45, 2.75) is 49.9 Å². The van der Waals surface area contributed by atoms with Crippen LogP contribution >= 0.6 is 11.8 Å². The minimum atomic E-state index is -0.138. The molecule has 7 heteroatoms. The van der Waals surface area contributed by atoms with Gasteiger partial charge < -0.3 is 20.9 Å². The number of hydrogen-bond donors (Lipinski definition) is 3. The summed E-state index contributed by atoms with van der Waals surface area (Å²) in [6.07, 6.45) is 1.88. The number of likely N-dealkylation sites (tertiary alicyclic amines) is 1. The normalized spacial score (nSPS) is 32.9. The lowest BCUT2D eigenvalue weighted by atomic mass is 9.75. The molecule has 3 aliphatic rings. The maximum absolute atomic E-state index is 13.2. The third-order valence-corrected chi connectivity index (χ3v) is 7.63. The average Bonchev–Trinajstić information content (AvgIpc) is 3.22. The molecule has 6 nitrogen and oxygen atoms in total. The Balaban J connectivity index is 1.54. The van der Waals surface area contributed by atoms with Crippen LogP contribution in [0.3, 0.4) is 0 Å². The smallest absolute Gasteiger partial charge is 0.238 e. The maximum atomic E-state index is 13.2. The summed E-state index contributed by atoms with van der Waals surface area (Å²) < 4.78 is 0. The van der Waals surface area contributed by atoms with Crippen LogP contribution in [0.25, 0.3) is 0 Å². The highest BCUT2D eigenvalue weighted by molar-refractivity contribution is 8.00. The van der Waals surface area contributed by atoms with Crippen LogP contribution in [0.5, 0.6) is 0 Å². The highest BCUT2D eigenvalue weighted by Crippen LogP contribution is 2.39. The van der Waals surface area contributed by atoms with Crippen LogP contribution in [0.1, 0.15) is 36.8 Å². The molecule has 3 saturated heterocycles. The minimum absolute atomic E-state index is 0.0300. The summed E-state index contributed by atoms with van der Waals surface area (Å²) in [5, 5.41) is 9.76. The third kappa shape index (κ3) is 3.80. The van der Waals surface area contributed by atoms with Gasteiger partial charge in [0.05, 0.1) is 11.2 Å². The van der Waals surface area contributed by atoms with Crippen molar-refractivity contribution >= 4 is 29.3 Å². The van der Waals surface area contributed by atoms with Crippen LogP contribution in [0.2, 0.25) is 0 Å². The second-order valence-electron chi connectivity index (χ2n) is 8.42. The average molecular weight is 403 g/mol. The van der Waals surface area contributed by atoms with E-state index in [1.54, 1.807) is 11.8 Å². The van der Waals surface area contributed by atoms with Crippen molar-refractivity contribution in [2.24, 2.45) is 5.92 Å². The molecule has 28 heavy (non-hydrogen) atoms. The number of carbonyl (C=O) groups excluding carboxylic acids is 2. The lowest BCUT2D eigenvalue weighted by Crippen LogP contribution is -2.57. The zero-order chi connectivity index (χ0) is 19.8. The van der Waals surface area contributed by atoms with Gasteiger partial charge in [-0.1, -0.05) is 6.07 Å². The fourth-order valence-electron chi connectivity index (χ4n) is 4.81. The first-order valence-corrected chi connectivity index (χ1v) is 11.2. The van der Waals surface area contributed by atoms with Crippen molar-refractivity contribution in [3.05, 3.63) is 29.3 Å². The number of thioether (sulfide) groups is 1. The molecule has 0 saturated carbocycles. The molecule has 0 spiro atoms. The Morgan fingerprint density at radius 3 is 2.86 bits per heavy atom. The van der Waals surface area contributed by atoms with Crippen molar-refractivity contribution < 1.29 is 9.59 Å². The van der Waals surface area contributed by atoms with Gasteiger partial charge >= 0.3 is 0 Å². The number of likely N-dealkylation sites (N-methyl/N-ethyl adjacent to an activating group) is 1. The van der Waals surface area contributed by atoms with E-state index in [9.17, 15) is 9.59 Å². The molecule has 1 aromatic carbocycles. The number of nitrogens with zero attached hydrogens (tertiary/aromatic N) is 1. The van der Waals surface area contributed by atoms with Crippen molar-refractivity contribution in [2.75, 3.05) is 31.3 Å². The number of nitrogens with one attached hydrogen (secondary N) is 3. The molecule has 152 valence electrons. The topological polar surface area (TPSA) is 73.5 Å². The summed E-state index contributed by atoms with van der Waals surface area (Å²) in [6, 6.07) is 6.75. The van der Waals surface area contributed by atoms with Crippen molar-refractivity contribution in [3.8, 4) is 0 Å². The fraction of sp³-hybridized carbons (Fsp3) is 0.619. The summed E-state index contributed by atoms with van der Waals surface area (Å²) >= 11 is 1.63. The Hall–Kier alpha value is -1.57. The number of carbonyl (C=O) groups is 2. The predicted octanol–water partition coefficient (Wildman–Crippen LogP) is 1.91. The molecule has 1 aromatic rings. The Morgan fingerprint density at radius 1 is 1.29 bits per heavy atom. The Labute approximate surface area is 171 Å². The number of aryl methyl sites for hydroxylation is 1. The van der Waals surface area contributed by atoms with Gasteiger partial charge in [-0.3, -0.25) is 9.59 Å². The van der Waals surface area contributed by atoms with Gasteiger partial charge in [0.1, 0.15) is 0 Å². The van der Waals surface area contributed by atoms with Crippen molar-refractivity contribution in [1.29, 1.82) is 0 Å². The number of piperidine rings is 2. The largest absolute Gasteiger partial charge is 0.342 e. The van der Waals surface area contributed by atoms with Crippen LogP contribution in [-0.2, 0) is 9.59 Å². The first kappa shape index (κ1) is 19.7. The van der Waals surface area contributed by atoms with Gasteiger partial charge in [-0.15, -0.1) is 11.8 Å². The SMILES string of the molecule is Cc1ccc(NC(=O)C2CNCS2)cc1C1CC2CNC(C)CC2N(C)C1=O. The number of fused-ring (bicyclic) bond motifs is 1. The molecule has 0 aliphatic carbocycles. The van der Waals surface area contributed by atoms with Gasteiger partial charge in [0.2, 0.25) is 11.8 Å². The van der Waals surface area contributed by atoms with Gasteiger partial charge in [0, 0.05) is 43.8 Å². The summed E-state index contributed by atoms with van der Waals surface area (Å²) in [5.41, 5.74) is 2.94. The van der Waals surface area contributed by atoms with E-state index in [-0.39, 0.29) is 23.0 Å². The lowest BCUT2D eigenvalue weighted by molar-refractivity contribution is -0.140. The molecule has 5 unspecified atom stereocenters. The highest BCUT2D eigenvalue weighted by atomic mass is 32.2. The number of hydrogen-bond acceptors (Lipinski definition) is 5.